The molecular weight excluding hydrogens is 512 g/mol. The van der Waals surface area contributed by atoms with Gasteiger partial charge in [-0.05, 0) is 70.0 Å². The molecule has 37 heavy (non-hydrogen) atoms. The molecule has 4 rings (SSSR count). The fraction of sp³-hybridized carbons (Fsp3) is 0.321. The molecule has 1 aliphatic heterocycles. The zero-order chi connectivity index (χ0) is 26.9. The number of halogens is 1. The van der Waals surface area contributed by atoms with Gasteiger partial charge >= 0.3 is 5.97 Å². The Balaban J connectivity index is 1.90. The Kier molecular flexibility index (Phi) is 7.90. The van der Waals surface area contributed by atoms with Crippen LogP contribution in [0, 0.1) is 0 Å². The summed E-state index contributed by atoms with van der Waals surface area (Å²) in [5.41, 5.74) is 1.89. The highest BCUT2D eigenvalue weighted by atomic mass is 35.5. The summed E-state index contributed by atoms with van der Waals surface area (Å²) in [6, 6.07) is 11.9. The Morgan fingerprint density at radius 2 is 1.84 bits per heavy atom. The van der Waals surface area contributed by atoms with E-state index < -0.39 is 12.0 Å². The molecule has 1 aromatic heterocycles. The number of allylic oxidation sites excluding steroid dienone is 1. The third-order valence-electron chi connectivity index (χ3n) is 5.63. The van der Waals surface area contributed by atoms with Crippen molar-refractivity contribution in [2.24, 2.45) is 4.99 Å². The molecule has 0 spiro atoms. The summed E-state index contributed by atoms with van der Waals surface area (Å²) in [7, 11) is 1.57. The molecular formula is C28H29ClN2O5S. The van der Waals surface area contributed by atoms with Gasteiger partial charge in [-0.1, -0.05) is 47.2 Å². The summed E-state index contributed by atoms with van der Waals surface area (Å²) in [5.74, 6) is 0.665. The summed E-state index contributed by atoms with van der Waals surface area (Å²) in [5, 5.41) is 0.442. The van der Waals surface area contributed by atoms with Crippen LogP contribution in [0.4, 0.5) is 0 Å². The van der Waals surface area contributed by atoms with Crippen molar-refractivity contribution in [1.29, 1.82) is 0 Å². The molecule has 0 aliphatic carbocycles. The van der Waals surface area contributed by atoms with Crippen LogP contribution in [0.1, 0.15) is 51.8 Å². The lowest BCUT2D eigenvalue weighted by atomic mass is 9.96. The number of fused-ring (bicyclic) bond motifs is 1. The van der Waals surface area contributed by atoms with E-state index in [1.54, 1.807) is 46.1 Å². The van der Waals surface area contributed by atoms with Gasteiger partial charge < -0.3 is 14.2 Å². The van der Waals surface area contributed by atoms with Crippen LogP contribution in [0.3, 0.4) is 0 Å². The average Bonchev–Trinajstić information content (AvgIpc) is 3.13. The summed E-state index contributed by atoms with van der Waals surface area (Å²) in [6.45, 7) is 9.18. The maximum Gasteiger partial charge on any atom is 0.338 e. The number of carbonyl (C=O) groups excluding carboxylic acids is 1. The first-order valence-electron chi connectivity index (χ1n) is 11.9. The van der Waals surface area contributed by atoms with Crippen molar-refractivity contribution in [2.75, 3.05) is 7.11 Å². The first-order chi connectivity index (χ1) is 17.6. The second kappa shape index (κ2) is 10.9. The molecule has 3 aromatic rings. The van der Waals surface area contributed by atoms with E-state index in [4.69, 9.17) is 25.8 Å². The van der Waals surface area contributed by atoms with Gasteiger partial charge in [0.1, 0.15) is 6.04 Å². The minimum absolute atomic E-state index is 0.00642. The Morgan fingerprint density at radius 3 is 2.49 bits per heavy atom. The van der Waals surface area contributed by atoms with Gasteiger partial charge in [-0.15, -0.1) is 0 Å². The number of esters is 1. The van der Waals surface area contributed by atoms with Crippen LogP contribution >= 0.6 is 22.9 Å². The van der Waals surface area contributed by atoms with Crippen LogP contribution in [0.2, 0.25) is 5.02 Å². The second-order valence-electron chi connectivity index (χ2n) is 9.13. The van der Waals surface area contributed by atoms with Gasteiger partial charge in [0.15, 0.2) is 16.3 Å². The van der Waals surface area contributed by atoms with E-state index in [1.807, 2.05) is 44.2 Å². The summed E-state index contributed by atoms with van der Waals surface area (Å²) >= 11 is 7.82. The normalized spacial score (nSPS) is 15.6. The number of carbonyl (C=O) groups is 1. The van der Waals surface area contributed by atoms with Gasteiger partial charge in [-0.3, -0.25) is 9.36 Å². The lowest BCUT2D eigenvalue weighted by Gasteiger charge is -2.26. The van der Waals surface area contributed by atoms with Gasteiger partial charge in [0, 0.05) is 5.02 Å². The molecule has 0 N–H and O–H groups in total. The average molecular weight is 541 g/mol. The predicted octanol–water partition coefficient (Wildman–Crippen LogP) is 4.64. The number of rotatable bonds is 7. The van der Waals surface area contributed by atoms with Crippen molar-refractivity contribution in [3.05, 3.63) is 89.6 Å². The first kappa shape index (κ1) is 26.7. The smallest absolute Gasteiger partial charge is 0.338 e. The molecule has 0 amide bonds. The van der Waals surface area contributed by atoms with Crippen LogP contribution in [0.15, 0.2) is 63.5 Å². The van der Waals surface area contributed by atoms with Crippen LogP contribution in [-0.2, 0) is 9.53 Å². The van der Waals surface area contributed by atoms with Gasteiger partial charge in [0.2, 0.25) is 0 Å². The van der Waals surface area contributed by atoms with Gasteiger partial charge in [0.25, 0.3) is 5.56 Å². The number of nitrogens with zero attached hydrogens (tertiary/aromatic N) is 2. The fourth-order valence-electron chi connectivity index (χ4n) is 4.13. The molecule has 194 valence electrons. The topological polar surface area (TPSA) is 79.1 Å². The van der Waals surface area contributed by atoms with Crippen LogP contribution in [-0.4, -0.2) is 29.9 Å². The van der Waals surface area contributed by atoms with Crippen molar-refractivity contribution in [2.45, 2.75) is 52.9 Å². The lowest BCUT2D eigenvalue weighted by molar-refractivity contribution is -0.143. The molecule has 2 aromatic carbocycles. The zero-order valence-electron chi connectivity index (χ0n) is 21.6. The molecule has 0 radical (unpaired) electrons. The number of thiazole rings is 1. The Hall–Kier alpha value is -3.36. The largest absolute Gasteiger partial charge is 0.493 e. The Labute approximate surface area is 224 Å². The fourth-order valence-corrected chi connectivity index (χ4v) is 5.41. The molecule has 0 saturated carbocycles. The third kappa shape index (κ3) is 5.50. The highest BCUT2D eigenvalue weighted by molar-refractivity contribution is 7.07. The van der Waals surface area contributed by atoms with E-state index in [1.165, 1.54) is 15.9 Å². The lowest BCUT2D eigenvalue weighted by Crippen LogP contribution is -2.40. The van der Waals surface area contributed by atoms with E-state index in [2.05, 4.69) is 4.99 Å². The molecule has 2 heterocycles. The van der Waals surface area contributed by atoms with Gasteiger partial charge in [-0.25, -0.2) is 9.79 Å². The van der Waals surface area contributed by atoms with Crippen molar-refractivity contribution in [3.63, 3.8) is 0 Å². The Bertz CT molecular complexity index is 1550. The van der Waals surface area contributed by atoms with Gasteiger partial charge in [-0.2, -0.15) is 0 Å². The van der Waals surface area contributed by atoms with Crippen molar-refractivity contribution in [3.8, 4) is 11.5 Å². The number of hydrogen-bond donors (Lipinski definition) is 0. The van der Waals surface area contributed by atoms with E-state index in [0.717, 1.165) is 5.56 Å². The summed E-state index contributed by atoms with van der Waals surface area (Å²) < 4.78 is 18.8. The molecule has 1 atom stereocenters. The molecule has 1 unspecified atom stereocenters. The van der Waals surface area contributed by atoms with Crippen LogP contribution < -0.4 is 24.4 Å². The van der Waals surface area contributed by atoms with E-state index in [9.17, 15) is 9.59 Å². The SMILES string of the molecule is COc1cc(C=c2sc3n(c2=O)C(c2ccccc2Cl)C(C(=O)OC(C)C)=C(C)N=3)ccc1OC(C)C. The number of methoxy groups -OCH3 is 1. The van der Waals surface area contributed by atoms with E-state index >= 15 is 0 Å². The van der Waals surface area contributed by atoms with Crippen LogP contribution in [0.5, 0.6) is 11.5 Å². The predicted molar refractivity (Wildman–Crippen MR) is 145 cm³/mol. The molecule has 0 bridgehead atoms. The molecule has 1 aliphatic rings. The number of aromatic nitrogens is 1. The Morgan fingerprint density at radius 1 is 1.11 bits per heavy atom. The quantitative estimate of drug-likeness (QED) is 0.408. The minimum Gasteiger partial charge on any atom is -0.493 e. The van der Waals surface area contributed by atoms with Crippen molar-refractivity contribution >= 4 is 35.0 Å². The van der Waals surface area contributed by atoms with Gasteiger partial charge in [0.05, 0.1) is 35.1 Å². The monoisotopic (exact) mass is 540 g/mol. The molecule has 0 saturated heterocycles. The summed E-state index contributed by atoms with van der Waals surface area (Å²) in [4.78, 5) is 32.1. The molecule has 0 fully saturated rings. The standard InChI is InChI=1S/C28H29ClN2O5S/c1-15(2)35-21-12-11-18(13-22(21)34-6)14-23-26(32)31-25(19-9-7-8-10-20(19)29)24(27(33)36-16(3)4)17(5)30-28(31)37-23/h7-16,25H,1-6H3. The third-order valence-corrected chi connectivity index (χ3v) is 6.96. The highest BCUT2D eigenvalue weighted by Crippen LogP contribution is 2.34. The van der Waals surface area contributed by atoms with Crippen molar-refractivity contribution in [1.82, 2.24) is 4.57 Å². The molecule has 9 heteroatoms. The minimum atomic E-state index is -0.769. The van der Waals surface area contributed by atoms with Crippen molar-refractivity contribution < 1.29 is 19.0 Å². The zero-order valence-corrected chi connectivity index (χ0v) is 23.1. The maximum absolute atomic E-state index is 13.8. The number of ether oxygens (including phenoxy) is 3. The second-order valence-corrected chi connectivity index (χ2v) is 10.6. The number of hydrogen-bond acceptors (Lipinski definition) is 7. The highest BCUT2D eigenvalue weighted by Gasteiger charge is 2.34. The van der Waals surface area contributed by atoms with E-state index in [0.29, 0.717) is 37.1 Å². The summed E-state index contributed by atoms with van der Waals surface area (Å²) in [6.07, 6.45) is 1.44. The first-order valence-corrected chi connectivity index (χ1v) is 13.1. The number of benzene rings is 2. The van der Waals surface area contributed by atoms with Crippen LogP contribution in [0.25, 0.3) is 6.08 Å². The maximum atomic E-state index is 13.8. The molecule has 7 nitrogen and oxygen atoms in total. The van der Waals surface area contributed by atoms with E-state index in [-0.39, 0.29) is 23.3 Å².